The lowest BCUT2D eigenvalue weighted by atomic mass is 10.2. The van der Waals surface area contributed by atoms with E-state index in [1.54, 1.807) is 6.20 Å². The van der Waals surface area contributed by atoms with Gasteiger partial charge in [0.15, 0.2) is 0 Å². The zero-order valence-electron chi connectivity index (χ0n) is 15.7. The van der Waals surface area contributed by atoms with E-state index in [0.29, 0.717) is 5.56 Å². The van der Waals surface area contributed by atoms with Gasteiger partial charge in [-0.2, -0.15) is 0 Å². The third kappa shape index (κ3) is 4.82. The van der Waals surface area contributed by atoms with Gasteiger partial charge in [0.25, 0.3) is 5.91 Å². The van der Waals surface area contributed by atoms with Crippen LogP contribution in [0.4, 0.5) is 5.82 Å². The molecule has 1 fully saturated rings. The Kier molecular flexibility index (Phi) is 6.22. The van der Waals surface area contributed by atoms with E-state index in [0.717, 1.165) is 57.9 Å². The van der Waals surface area contributed by atoms with Gasteiger partial charge in [0.1, 0.15) is 5.82 Å². The van der Waals surface area contributed by atoms with Crippen molar-refractivity contribution in [2.24, 2.45) is 0 Å². The van der Waals surface area contributed by atoms with Gasteiger partial charge in [0.05, 0.1) is 11.9 Å². The van der Waals surface area contributed by atoms with Crippen LogP contribution in [0.15, 0.2) is 37.1 Å². The van der Waals surface area contributed by atoms with Crippen molar-refractivity contribution in [3.63, 3.8) is 0 Å². The molecule has 26 heavy (non-hydrogen) atoms. The molecule has 0 spiro atoms. The van der Waals surface area contributed by atoms with Crippen molar-refractivity contribution in [1.29, 1.82) is 0 Å². The van der Waals surface area contributed by atoms with Crippen LogP contribution in [-0.4, -0.2) is 77.1 Å². The summed E-state index contributed by atoms with van der Waals surface area (Å²) in [4.78, 5) is 27.5. The van der Waals surface area contributed by atoms with Gasteiger partial charge in [0.2, 0.25) is 0 Å². The van der Waals surface area contributed by atoms with Crippen molar-refractivity contribution < 1.29 is 4.79 Å². The highest BCUT2D eigenvalue weighted by Crippen LogP contribution is 2.12. The number of aryl methyl sites for hydroxylation is 1. The van der Waals surface area contributed by atoms with Crippen molar-refractivity contribution >= 4 is 11.7 Å². The highest BCUT2D eigenvalue weighted by molar-refractivity contribution is 5.94. The monoisotopic (exact) mass is 356 g/mol. The summed E-state index contributed by atoms with van der Waals surface area (Å²) >= 11 is 0. The minimum atomic E-state index is 0.0862. The summed E-state index contributed by atoms with van der Waals surface area (Å²) < 4.78 is 2.11. The Morgan fingerprint density at radius 3 is 2.73 bits per heavy atom. The van der Waals surface area contributed by atoms with Crippen LogP contribution < -0.4 is 4.90 Å². The molecule has 0 saturated carbocycles. The van der Waals surface area contributed by atoms with Gasteiger partial charge >= 0.3 is 0 Å². The minimum absolute atomic E-state index is 0.0862. The first-order chi connectivity index (χ1) is 12.6. The van der Waals surface area contributed by atoms with Gasteiger partial charge in [-0.25, -0.2) is 9.97 Å². The molecule has 2 aromatic heterocycles. The molecular weight excluding hydrogens is 328 g/mol. The van der Waals surface area contributed by atoms with Crippen molar-refractivity contribution in [3.8, 4) is 0 Å². The molecule has 3 rings (SSSR count). The fourth-order valence-corrected chi connectivity index (χ4v) is 3.25. The Morgan fingerprint density at radius 2 is 2.04 bits per heavy atom. The standard InChI is InChI=1S/C19H28N6O/c1-22(2)18-6-5-17(15-21-18)19(26)25-11-4-9-23(13-14-25)8-3-10-24-12-7-20-16-24/h5-7,12,15-16H,3-4,8-11,13-14H2,1-2H3. The molecule has 0 radical (unpaired) electrons. The maximum atomic E-state index is 12.8. The maximum absolute atomic E-state index is 12.8. The number of imidazole rings is 1. The molecule has 140 valence electrons. The summed E-state index contributed by atoms with van der Waals surface area (Å²) in [7, 11) is 3.89. The quantitative estimate of drug-likeness (QED) is 0.787. The number of rotatable bonds is 6. The van der Waals surface area contributed by atoms with Crippen LogP contribution in [0, 0.1) is 0 Å². The van der Waals surface area contributed by atoms with Gasteiger partial charge in [0, 0.05) is 58.9 Å². The average Bonchev–Trinajstić information content (AvgIpc) is 3.06. The molecule has 0 aromatic carbocycles. The molecule has 1 amide bonds. The summed E-state index contributed by atoms with van der Waals surface area (Å²) in [6.45, 7) is 5.61. The first-order valence-electron chi connectivity index (χ1n) is 9.24. The summed E-state index contributed by atoms with van der Waals surface area (Å²) in [6.07, 6.45) is 9.47. The summed E-state index contributed by atoms with van der Waals surface area (Å²) in [5.41, 5.74) is 0.671. The lowest BCUT2D eigenvalue weighted by molar-refractivity contribution is 0.0761. The van der Waals surface area contributed by atoms with E-state index in [2.05, 4.69) is 19.4 Å². The fourth-order valence-electron chi connectivity index (χ4n) is 3.25. The Hall–Kier alpha value is -2.41. The van der Waals surface area contributed by atoms with Gasteiger partial charge in [-0.15, -0.1) is 0 Å². The van der Waals surface area contributed by atoms with Crippen molar-refractivity contribution in [1.82, 2.24) is 24.3 Å². The van der Waals surface area contributed by atoms with E-state index in [1.165, 1.54) is 0 Å². The molecule has 2 aromatic rings. The topological polar surface area (TPSA) is 57.5 Å². The van der Waals surface area contributed by atoms with Crippen molar-refractivity contribution in [3.05, 3.63) is 42.6 Å². The van der Waals surface area contributed by atoms with Crippen LogP contribution in [0.25, 0.3) is 0 Å². The largest absolute Gasteiger partial charge is 0.363 e. The molecule has 7 heteroatoms. The third-order valence-electron chi connectivity index (χ3n) is 4.78. The van der Waals surface area contributed by atoms with Crippen LogP contribution in [-0.2, 0) is 6.54 Å². The molecule has 1 aliphatic rings. The molecule has 0 aliphatic carbocycles. The number of carbonyl (C=O) groups excluding carboxylic acids is 1. The fraction of sp³-hybridized carbons (Fsp3) is 0.526. The smallest absolute Gasteiger partial charge is 0.255 e. The molecule has 0 atom stereocenters. The molecule has 3 heterocycles. The lowest BCUT2D eigenvalue weighted by Gasteiger charge is -2.22. The molecule has 7 nitrogen and oxygen atoms in total. The SMILES string of the molecule is CN(C)c1ccc(C(=O)N2CCCN(CCCn3ccnc3)CC2)cn1. The molecule has 0 unspecified atom stereocenters. The number of aromatic nitrogens is 3. The Morgan fingerprint density at radius 1 is 1.15 bits per heavy atom. The maximum Gasteiger partial charge on any atom is 0.255 e. The zero-order valence-corrected chi connectivity index (χ0v) is 15.7. The van der Waals surface area contributed by atoms with Gasteiger partial charge in [-0.05, 0) is 38.1 Å². The number of nitrogens with zero attached hydrogens (tertiary/aromatic N) is 6. The molecular formula is C19H28N6O. The second-order valence-corrected chi connectivity index (χ2v) is 6.94. The van der Waals surface area contributed by atoms with Crippen molar-refractivity contribution in [2.75, 3.05) is 51.7 Å². The van der Waals surface area contributed by atoms with E-state index >= 15 is 0 Å². The Labute approximate surface area is 155 Å². The molecule has 0 bridgehead atoms. The second-order valence-electron chi connectivity index (χ2n) is 6.94. The molecule has 1 aliphatic heterocycles. The highest BCUT2D eigenvalue weighted by atomic mass is 16.2. The minimum Gasteiger partial charge on any atom is -0.363 e. The number of pyridine rings is 1. The van der Waals surface area contributed by atoms with Crippen molar-refractivity contribution in [2.45, 2.75) is 19.4 Å². The number of hydrogen-bond donors (Lipinski definition) is 0. The molecule has 1 saturated heterocycles. The van der Waals surface area contributed by atoms with Crippen LogP contribution in [0.2, 0.25) is 0 Å². The zero-order chi connectivity index (χ0) is 18.4. The number of hydrogen-bond acceptors (Lipinski definition) is 5. The predicted octanol–water partition coefficient (Wildman–Crippen LogP) is 1.58. The Bertz CT molecular complexity index is 683. The van der Waals surface area contributed by atoms with Crippen LogP contribution in [0.1, 0.15) is 23.2 Å². The first kappa shape index (κ1) is 18.4. The average molecular weight is 356 g/mol. The van der Waals surface area contributed by atoms with E-state index in [1.807, 2.05) is 54.7 Å². The van der Waals surface area contributed by atoms with Crippen LogP contribution in [0.3, 0.4) is 0 Å². The summed E-state index contributed by atoms with van der Waals surface area (Å²) in [6, 6.07) is 3.77. The summed E-state index contributed by atoms with van der Waals surface area (Å²) in [5, 5.41) is 0. The number of amides is 1. The Balaban J connectivity index is 1.48. The van der Waals surface area contributed by atoms with E-state index < -0.39 is 0 Å². The van der Waals surface area contributed by atoms with Crippen LogP contribution in [0.5, 0.6) is 0 Å². The molecule has 0 N–H and O–H groups in total. The first-order valence-corrected chi connectivity index (χ1v) is 9.24. The van der Waals surface area contributed by atoms with Gasteiger partial charge in [-0.1, -0.05) is 0 Å². The third-order valence-corrected chi connectivity index (χ3v) is 4.78. The summed E-state index contributed by atoms with van der Waals surface area (Å²) in [5.74, 6) is 0.949. The number of anilines is 1. The van der Waals surface area contributed by atoms with E-state index in [9.17, 15) is 4.79 Å². The normalized spacial score (nSPS) is 15.7. The lowest BCUT2D eigenvalue weighted by Crippen LogP contribution is -2.35. The van der Waals surface area contributed by atoms with Gasteiger partial charge in [-0.3, -0.25) is 4.79 Å². The predicted molar refractivity (Wildman–Crippen MR) is 102 cm³/mol. The van der Waals surface area contributed by atoms with E-state index in [4.69, 9.17) is 0 Å². The van der Waals surface area contributed by atoms with Gasteiger partial charge < -0.3 is 19.3 Å². The van der Waals surface area contributed by atoms with E-state index in [-0.39, 0.29) is 5.91 Å². The highest BCUT2D eigenvalue weighted by Gasteiger charge is 2.20. The number of carbonyl (C=O) groups is 1. The second kappa shape index (κ2) is 8.80. The van der Waals surface area contributed by atoms with Crippen LogP contribution >= 0.6 is 0 Å².